The zero-order valence-corrected chi connectivity index (χ0v) is 11.1. The van der Waals surface area contributed by atoms with Gasteiger partial charge in [-0.2, -0.15) is 0 Å². The highest BCUT2D eigenvalue weighted by Gasteiger charge is 2.14. The molecule has 0 heterocycles. The standard InChI is InChI=1S/C13H17FN2O4/c1-20-6-5-16(9-13(18)19)8-12(17)15-11-4-2-3-10(14)7-11/h2-4,7H,5-6,8-9H2,1H3,(H,15,17)(H,18,19). The van der Waals surface area contributed by atoms with Crippen LogP contribution in [-0.4, -0.2) is 55.2 Å². The summed E-state index contributed by atoms with van der Waals surface area (Å²) in [5.74, 6) is -1.89. The number of rotatable bonds is 8. The maximum Gasteiger partial charge on any atom is 0.317 e. The lowest BCUT2D eigenvalue weighted by Crippen LogP contribution is -2.38. The molecule has 0 aromatic heterocycles. The van der Waals surface area contributed by atoms with E-state index in [9.17, 15) is 14.0 Å². The molecule has 1 aromatic rings. The lowest BCUT2D eigenvalue weighted by Gasteiger charge is -2.19. The Labute approximate surface area is 116 Å². The molecule has 1 aromatic carbocycles. The van der Waals surface area contributed by atoms with Crippen LogP contribution in [0.4, 0.5) is 10.1 Å². The first-order chi connectivity index (χ1) is 9.51. The highest BCUT2D eigenvalue weighted by atomic mass is 19.1. The number of carboxylic acids is 1. The second-order valence-corrected chi connectivity index (χ2v) is 4.16. The maximum absolute atomic E-state index is 13.0. The summed E-state index contributed by atoms with van der Waals surface area (Å²) in [6.07, 6.45) is 0. The van der Waals surface area contributed by atoms with Gasteiger partial charge in [-0.1, -0.05) is 6.07 Å². The van der Waals surface area contributed by atoms with Crippen LogP contribution in [-0.2, 0) is 14.3 Å². The molecule has 2 N–H and O–H groups in total. The van der Waals surface area contributed by atoms with Gasteiger partial charge in [0.15, 0.2) is 0 Å². The number of anilines is 1. The predicted molar refractivity (Wildman–Crippen MR) is 71.0 cm³/mol. The van der Waals surface area contributed by atoms with Crippen LogP contribution >= 0.6 is 0 Å². The van der Waals surface area contributed by atoms with Crippen molar-refractivity contribution >= 4 is 17.6 Å². The van der Waals surface area contributed by atoms with E-state index in [1.165, 1.54) is 30.2 Å². The van der Waals surface area contributed by atoms with Crippen LogP contribution in [0.15, 0.2) is 24.3 Å². The lowest BCUT2D eigenvalue weighted by molar-refractivity contribution is -0.138. The normalized spacial score (nSPS) is 10.6. The molecule has 20 heavy (non-hydrogen) atoms. The molecule has 0 unspecified atom stereocenters. The molecular weight excluding hydrogens is 267 g/mol. The smallest absolute Gasteiger partial charge is 0.317 e. The number of halogens is 1. The first-order valence-corrected chi connectivity index (χ1v) is 5.99. The molecule has 0 bridgehead atoms. The van der Waals surface area contributed by atoms with Crippen LogP contribution in [0.3, 0.4) is 0 Å². The molecule has 1 rings (SSSR count). The van der Waals surface area contributed by atoms with Gasteiger partial charge in [0.1, 0.15) is 5.82 Å². The number of amides is 1. The van der Waals surface area contributed by atoms with Gasteiger partial charge in [-0.05, 0) is 18.2 Å². The third-order valence-corrected chi connectivity index (χ3v) is 2.45. The minimum absolute atomic E-state index is 0.105. The summed E-state index contributed by atoms with van der Waals surface area (Å²) in [4.78, 5) is 23.9. The average Bonchev–Trinajstić information content (AvgIpc) is 2.35. The first-order valence-electron chi connectivity index (χ1n) is 5.99. The Hall–Kier alpha value is -1.99. The summed E-state index contributed by atoms with van der Waals surface area (Å²) in [5, 5.41) is 11.3. The predicted octanol–water partition coefficient (Wildman–Crippen LogP) is 0.797. The summed E-state index contributed by atoms with van der Waals surface area (Å²) in [7, 11) is 1.49. The van der Waals surface area contributed by atoms with E-state index in [1.54, 1.807) is 6.07 Å². The Morgan fingerprint density at radius 2 is 2.15 bits per heavy atom. The van der Waals surface area contributed by atoms with Gasteiger partial charge in [0, 0.05) is 19.3 Å². The quantitative estimate of drug-likeness (QED) is 0.738. The number of nitrogens with one attached hydrogen (secondary N) is 1. The second-order valence-electron chi connectivity index (χ2n) is 4.16. The summed E-state index contributed by atoms with van der Waals surface area (Å²) >= 11 is 0. The van der Waals surface area contributed by atoms with Crippen LogP contribution in [0.25, 0.3) is 0 Å². The van der Waals surface area contributed by atoms with Crippen LogP contribution < -0.4 is 5.32 Å². The molecule has 0 saturated carbocycles. The molecule has 7 heteroatoms. The van der Waals surface area contributed by atoms with Gasteiger partial charge in [0.2, 0.25) is 5.91 Å². The number of hydrogen-bond donors (Lipinski definition) is 2. The van der Waals surface area contributed by atoms with Crippen molar-refractivity contribution in [3.63, 3.8) is 0 Å². The minimum atomic E-state index is -1.03. The van der Waals surface area contributed by atoms with Crippen LogP contribution in [0, 0.1) is 5.82 Å². The van der Waals surface area contributed by atoms with Gasteiger partial charge in [-0.25, -0.2) is 4.39 Å². The van der Waals surface area contributed by atoms with Crippen molar-refractivity contribution in [2.75, 3.05) is 38.7 Å². The topological polar surface area (TPSA) is 78.9 Å². The van der Waals surface area contributed by atoms with E-state index in [0.29, 0.717) is 18.8 Å². The van der Waals surface area contributed by atoms with Gasteiger partial charge < -0.3 is 15.2 Å². The third-order valence-electron chi connectivity index (χ3n) is 2.45. The van der Waals surface area contributed by atoms with Gasteiger partial charge in [0.25, 0.3) is 0 Å². The number of hydrogen-bond acceptors (Lipinski definition) is 4. The molecule has 0 saturated heterocycles. The Kier molecular flexibility index (Phi) is 6.61. The molecule has 0 radical (unpaired) electrons. The molecular formula is C13H17FN2O4. The monoisotopic (exact) mass is 284 g/mol. The van der Waals surface area contributed by atoms with E-state index >= 15 is 0 Å². The van der Waals surface area contributed by atoms with Gasteiger partial charge in [-0.3, -0.25) is 14.5 Å². The molecule has 0 aliphatic heterocycles. The Morgan fingerprint density at radius 3 is 2.75 bits per heavy atom. The largest absolute Gasteiger partial charge is 0.480 e. The van der Waals surface area contributed by atoms with E-state index in [-0.39, 0.29) is 13.1 Å². The molecule has 0 atom stereocenters. The second kappa shape index (κ2) is 8.23. The molecule has 0 fully saturated rings. The number of benzene rings is 1. The van der Waals surface area contributed by atoms with Gasteiger partial charge >= 0.3 is 5.97 Å². The van der Waals surface area contributed by atoms with Gasteiger partial charge in [0.05, 0.1) is 19.7 Å². The van der Waals surface area contributed by atoms with Crippen LogP contribution in [0.1, 0.15) is 0 Å². The number of methoxy groups -OCH3 is 1. The van der Waals surface area contributed by atoms with Crippen molar-refractivity contribution in [2.24, 2.45) is 0 Å². The number of carbonyl (C=O) groups is 2. The SMILES string of the molecule is COCCN(CC(=O)O)CC(=O)Nc1cccc(F)c1. The molecule has 0 aliphatic rings. The number of ether oxygens (including phenoxy) is 1. The minimum Gasteiger partial charge on any atom is -0.480 e. The Balaban J connectivity index is 2.54. The highest BCUT2D eigenvalue weighted by Crippen LogP contribution is 2.08. The summed E-state index contributed by atoms with van der Waals surface area (Å²) < 4.78 is 17.8. The van der Waals surface area contributed by atoms with Crippen LogP contribution in [0.2, 0.25) is 0 Å². The lowest BCUT2D eigenvalue weighted by atomic mass is 10.3. The van der Waals surface area contributed by atoms with Crippen molar-refractivity contribution in [3.8, 4) is 0 Å². The Bertz CT molecular complexity index is 467. The van der Waals surface area contributed by atoms with Crippen molar-refractivity contribution in [1.29, 1.82) is 0 Å². The fraction of sp³-hybridized carbons (Fsp3) is 0.385. The molecule has 0 aliphatic carbocycles. The summed E-state index contributed by atoms with van der Waals surface area (Å²) in [5.41, 5.74) is 0.331. The van der Waals surface area contributed by atoms with Crippen molar-refractivity contribution in [2.45, 2.75) is 0 Å². The van der Waals surface area contributed by atoms with Crippen molar-refractivity contribution in [3.05, 3.63) is 30.1 Å². The van der Waals surface area contributed by atoms with Crippen LogP contribution in [0.5, 0.6) is 0 Å². The zero-order valence-electron chi connectivity index (χ0n) is 11.1. The number of carboxylic acid groups (broad SMARTS) is 1. The highest BCUT2D eigenvalue weighted by molar-refractivity contribution is 5.92. The fourth-order valence-corrected chi connectivity index (χ4v) is 1.60. The average molecular weight is 284 g/mol. The summed E-state index contributed by atoms with van der Waals surface area (Å²) in [6.45, 7) is 0.270. The fourth-order valence-electron chi connectivity index (χ4n) is 1.60. The van der Waals surface area contributed by atoms with E-state index in [2.05, 4.69) is 5.32 Å². The molecule has 110 valence electrons. The van der Waals surface area contributed by atoms with Gasteiger partial charge in [-0.15, -0.1) is 0 Å². The van der Waals surface area contributed by atoms with E-state index < -0.39 is 17.7 Å². The molecule has 0 spiro atoms. The molecule has 6 nitrogen and oxygen atoms in total. The number of carbonyl (C=O) groups excluding carboxylic acids is 1. The number of nitrogens with zero attached hydrogens (tertiary/aromatic N) is 1. The Morgan fingerprint density at radius 1 is 1.40 bits per heavy atom. The molecule has 1 amide bonds. The van der Waals surface area contributed by atoms with Crippen molar-refractivity contribution in [1.82, 2.24) is 4.90 Å². The van der Waals surface area contributed by atoms with Crippen molar-refractivity contribution < 1.29 is 23.8 Å². The van der Waals surface area contributed by atoms with E-state index in [1.807, 2.05) is 0 Å². The van der Waals surface area contributed by atoms with E-state index in [4.69, 9.17) is 9.84 Å². The third kappa shape index (κ3) is 6.26. The van der Waals surface area contributed by atoms with E-state index in [0.717, 1.165) is 0 Å². The zero-order chi connectivity index (χ0) is 15.0. The number of aliphatic carboxylic acids is 1. The maximum atomic E-state index is 13.0. The summed E-state index contributed by atoms with van der Waals surface area (Å²) in [6, 6.07) is 5.49. The first kappa shape index (κ1) is 16.1.